The van der Waals surface area contributed by atoms with Gasteiger partial charge in [0.25, 0.3) is 6.01 Å². The Balaban J connectivity index is 1.35. The first-order valence-corrected chi connectivity index (χ1v) is 9.79. The minimum Gasteiger partial charge on any atom is -0.423 e. The molecule has 0 spiro atoms. The lowest BCUT2D eigenvalue weighted by Gasteiger charge is -2.30. The Morgan fingerprint density at radius 1 is 1.10 bits per heavy atom. The molecule has 0 atom stereocenters. The first kappa shape index (κ1) is 19.0. The fraction of sp³-hybridized carbons (Fsp3) is 0.318. The summed E-state index contributed by atoms with van der Waals surface area (Å²) in [5.74, 6) is -0.143. The number of aryl methyl sites for hydroxylation is 1. The summed E-state index contributed by atoms with van der Waals surface area (Å²) >= 11 is 0. The van der Waals surface area contributed by atoms with Crippen LogP contribution in [0.3, 0.4) is 0 Å². The number of hydrogen-bond donors (Lipinski definition) is 2. The van der Waals surface area contributed by atoms with Crippen LogP contribution in [0, 0.1) is 12.8 Å². The van der Waals surface area contributed by atoms with E-state index in [1.807, 2.05) is 49.4 Å². The van der Waals surface area contributed by atoms with Gasteiger partial charge in [0.1, 0.15) is 5.52 Å². The highest BCUT2D eigenvalue weighted by atomic mass is 16.4. The summed E-state index contributed by atoms with van der Waals surface area (Å²) in [5, 5.41) is 5.77. The molecule has 1 aliphatic rings. The minimum absolute atomic E-state index is 0.0221. The van der Waals surface area contributed by atoms with E-state index < -0.39 is 0 Å². The Hall–Kier alpha value is -3.35. The van der Waals surface area contributed by atoms with Crippen LogP contribution in [0.15, 0.2) is 46.9 Å². The van der Waals surface area contributed by atoms with Gasteiger partial charge in [-0.3, -0.25) is 9.59 Å². The van der Waals surface area contributed by atoms with Crippen LogP contribution in [0.25, 0.3) is 11.1 Å². The summed E-state index contributed by atoms with van der Waals surface area (Å²) in [4.78, 5) is 30.5. The van der Waals surface area contributed by atoms with E-state index in [4.69, 9.17) is 4.42 Å². The van der Waals surface area contributed by atoms with Gasteiger partial charge in [-0.1, -0.05) is 12.1 Å². The van der Waals surface area contributed by atoms with E-state index in [2.05, 4.69) is 20.5 Å². The van der Waals surface area contributed by atoms with Gasteiger partial charge in [-0.05, 0) is 55.7 Å². The molecule has 0 unspecified atom stereocenters. The zero-order valence-corrected chi connectivity index (χ0v) is 16.6. The first-order valence-electron chi connectivity index (χ1n) is 9.79. The Labute approximate surface area is 169 Å². The Bertz CT molecular complexity index is 1020. The van der Waals surface area contributed by atoms with Crippen molar-refractivity contribution in [1.82, 2.24) is 4.98 Å². The van der Waals surface area contributed by atoms with Gasteiger partial charge in [-0.15, -0.1) is 0 Å². The molecular formula is C22H24N4O3. The van der Waals surface area contributed by atoms with Crippen LogP contribution in [-0.4, -0.2) is 29.9 Å². The van der Waals surface area contributed by atoms with Gasteiger partial charge in [0.05, 0.1) is 0 Å². The molecule has 7 nitrogen and oxygen atoms in total. The SMILES string of the molecule is CC(=O)Nc1ccc(NC(=O)C2CCN(c3nc4ccccc4o3)CC2)cc1C. The van der Waals surface area contributed by atoms with E-state index in [9.17, 15) is 9.59 Å². The van der Waals surface area contributed by atoms with Gasteiger partial charge < -0.3 is 20.0 Å². The molecule has 2 heterocycles. The van der Waals surface area contributed by atoms with E-state index >= 15 is 0 Å². The van der Waals surface area contributed by atoms with Crippen molar-refractivity contribution in [2.75, 3.05) is 28.6 Å². The number of hydrogen-bond acceptors (Lipinski definition) is 5. The number of para-hydroxylation sites is 2. The van der Waals surface area contributed by atoms with E-state index in [-0.39, 0.29) is 17.7 Å². The summed E-state index contributed by atoms with van der Waals surface area (Å²) in [6.07, 6.45) is 1.49. The number of piperidine rings is 1. The van der Waals surface area contributed by atoms with Gasteiger partial charge in [-0.2, -0.15) is 4.98 Å². The molecule has 1 aliphatic heterocycles. The van der Waals surface area contributed by atoms with Crippen molar-refractivity contribution >= 4 is 40.3 Å². The fourth-order valence-electron chi connectivity index (χ4n) is 3.64. The number of benzene rings is 2. The third-order valence-electron chi connectivity index (χ3n) is 5.22. The number of anilines is 3. The first-order chi connectivity index (χ1) is 14.0. The maximum Gasteiger partial charge on any atom is 0.298 e. The van der Waals surface area contributed by atoms with Crippen LogP contribution in [0.2, 0.25) is 0 Å². The second-order valence-electron chi connectivity index (χ2n) is 7.43. The predicted octanol–water partition coefficient (Wildman–Crippen LogP) is 3.95. The second-order valence-corrected chi connectivity index (χ2v) is 7.43. The number of rotatable bonds is 4. The number of amides is 2. The fourth-order valence-corrected chi connectivity index (χ4v) is 3.64. The molecule has 3 aromatic rings. The lowest BCUT2D eigenvalue weighted by atomic mass is 9.96. The lowest BCUT2D eigenvalue weighted by Crippen LogP contribution is -2.38. The predicted molar refractivity (Wildman–Crippen MR) is 113 cm³/mol. The smallest absolute Gasteiger partial charge is 0.298 e. The van der Waals surface area contributed by atoms with Gasteiger partial charge in [0.2, 0.25) is 11.8 Å². The number of nitrogens with one attached hydrogen (secondary N) is 2. The van der Waals surface area contributed by atoms with Crippen LogP contribution < -0.4 is 15.5 Å². The Morgan fingerprint density at radius 2 is 1.86 bits per heavy atom. The number of carbonyl (C=O) groups excluding carboxylic acids is 2. The van der Waals surface area contributed by atoms with Crippen LogP contribution >= 0.6 is 0 Å². The van der Waals surface area contributed by atoms with Crippen molar-refractivity contribution in [1.29, 1.82) is 0 Å². The molecule has 0 aliphatic carbocycles. The molecule has 29 heavy (non-hydrogen) atoms. The molecule has 150 valence electrons. The third kappa shape index (κ3) is 4.23. The minimum atomic E-state index is -0.115. The zero-order chi connectivity index (χ0) is 20.4. The Morgan fingerprint density at radius 3 is 2.55 bits per heavy atom. The number of carbonyl (C=O) groups is 2. The molecule has 0 bridgehead atoms. The molecule has 4 rings (SSSR count). The van der Waals surface area contributed by atoms with Crippen molar-refractivity contribution in [2.45, 2.75) is 26.7 Å². The number of nitrogens with zero attached hydrogens (tertiary/aromatic N) is 2. The van der Waals surface area contributed by atoms with Gasteiger partial charge in [0, 0.05) is 37.3 Å². The summed E-state index contributed by atoms with van der Waals surface area (Å²) in [5.41, 5.74) is 4.02. The topological polar surface area (TPSA) is 87.5 Å². The number of oxazole rings is 1. The van der Waals surface area contributed by atoms with E-state index in [0.717, 1.165) is 54.0 Å². The van der Waals surface area contributed by atoms with E-state index in [0.29, 0.717) is 6.01 Å². The third-order valence-corrected chi connectivity index (χ3v) is 5.22. The molecule has 1 fully saturated rings. The van der Waals surface area contributed by atoms with Crippen molar-refractivity contribution in [3.05, 3.63) is 48.0 Å². The largest absolute Gasteiger partial charge is 0.423 e. The maximum atomic E-state index is 12.7. The van der Waals surface area contributed by atoms with Gasteiger partial charge in [0.15, 0.2) is 5.58 Å². The van der Waals surface area contributed by atoms with Crippen LogP contribution in [0.5, 0.6) is 0 Å². The van der Waals surface area contributed by atoms with E-state index in [1.54, 1.807) is 0 Å². The van der Waals surface area contributed by atoms with Crippen LogP contribution in [0.1, 0.15) is 25.3 Å². The second kappa shape index (κ2) is 7.95. The summed E-state index contributed by atoms with van der Waals surface area (Å²) in [6.45, 7) is 4.83. The zero-order valence-electron chi connectivity index (χ0n) is 16.6. The molecular weight excluding hydrogens is 368 g/mol. The van der Waals surface area contributed by atoms with Crippen LogP contribution in [-0.2, 0) is 9.59 Å². The molecule has 1 saturated heterocycles. The lowest BCUT2D eigenvalue weighted by molar-refractivity contribution is -0.120. The summed E-state index contributed by atoms with van der Waals surface area (Å²) in [6, 6.07) is 13.8. The van der Waals surface area contributed by atoms with E-state index in [1.165, 1.54) is 6.92 Å². The monoisotopic (exact) mass is 392 g/mol. The summed E-state index contributed by atoms with van der Waals surface area (Å²) < 4.78 is 5.84. The van der Waals surface area contributed by atoms with Gasteiger partial charge in [-0.25, -0.2) is 0 Å². The van der Waals surface area contributed by atoms with Crippen molar-refractivity contribution in [3.63, 3.8) is 0 Å². The van der Waals surface area contributed by atoms with Crippen molar-refractivity contribution in [3.8, 4) is 0 Å². The highest BCUT2D eigenvalue weighted by molar-refractivity contribution is 5.94. The van der Waals surface area contributed by atoms with Crippen molar-refractivity contribution in [2.24, 2.45) is 5.92 Å². The number of aromatic nitrogens is 1. The van der Waals surface area contributed by atoms with Gasteiger partial charge >= 0.3 is 0 Å². The molecule has 0 saturated carbocycles. The molecule has 2 aromatic carbocycles. The van der Waals surface area contributed by atoms with Crippen molar-refractivity contribution < 1.29 is 14.0 Å². The highest BCUT2D eigenvalue weighted by Crippen LogP contribution is 2.27. The molecule has 0 radical (unpaired) electrons. The molecule has 2 N–H and O–H groups in total. The Kier molecular flexibility index (Phi) is 5.20. The maximum absolute atomic E-state index is 12.7. The molecule has 2 amide bonds. The average Bonchev–Trinajstić information content (AvgIpc) is 3.14. The highest BCUT2D eigenvalue weighted by Gasteiger charge is 2.27. The standard InChI is InChI=1S/C22H24N4O3/c1-14-13-17(7-8-18(14)23-15(2)27)24-21(28)16-9-11-26(12-10-16)22-25-19-5-3-4-6-20(19)29-22/h3-8,13,16H,9-12H2,1-2H3,(H,23,27)(H,24,28). The molecule has 1 aromatic heterocycles. The van der Waals surface area contributed by atoms with Crippen LogP contribution in [0.4, 0.5) is 17.4 Å². The molecule has 7 heteroatoms. The quantitative estimate of drug-likeness (QED) is 0.702. The normalized spacial score (nSPS) is 14.8. The average molecular weight is 392 g/mol. The summed E-state index contributed by atoms with van der Waals surface area (Å²) in [7, 11) is 0. The number of fused-ring (bicyclic) bond motifs is 1.